The van der Waals surface area contributed by atoms with Crippen molar-refractivity contribution in [3.05, 3.63) is 0 Å². The van der Waals surface area contributed by atoms with Crippen LogP contribution in [0.2, 0.25) is 0 Å². The predicted molar refractivity (Wildman–Crippen MR) is 58.4 cm³/mol. The Balaban J connectivity index is 1.69. The van der Waals surface area contributed by atoms with Gasteiger partial charge in [0.15, 0.2) is 0 Å². The van der Waals surface area contributed by atoms with Gasteiger partial charge in [0, 0.05) is 25.8 Å². The molecular weight excluding hydrogens is 174 g/mol. The zero-order valence-electron chi connectivity index (χ0n) is 9.35. The average molecular weight is 197 g/mol. The van der Waals surface area contributed by atoms with Crippen LogP contribution in [0.15, 0.2) is 0 Å². The quantitative estimate of drug-likeness (QED) is 0.747. The fourth-order valence-electron chi connectivity index (χ4n) is 2.59. The minimum atomic E-state index is 0.665. The topological polar surface area (TPSA) is 21.3 Å². The van der Waals surface area contributed by atoms with Crippen molar-refractivity contribution in [3.8, 4) is 0 Å². The maximum atomic E-state index is 5.36. The van der Waals surface area contributed by atoms with Crippen LogP contribution >= 0.6 is 0 Å². The monoisotopic (exact) mass is 197 g/mol. The Morgan fingerprint density at radius 3 is 2.50 bits per heavy atom. The molecule has 1 heterocycles. The summed E-state index contributed by atoms with van der Waals surface area (Å²) in [6, 6.07) is 0.729. The number of ether oxygens (including phenoxy) is 1. The Kier molecular flexibility index (Phi) is 3.45. The normalized spacial score (nSPS) is 27.2. The van der Waals surface area contributed by atoms with Gasteiger partial charge in [0.25, 0.3) is 0 Å². The van der Waals surface area contributed by atoms with E-state index in [1.807, 2.05) is 0 Å². The molecule has 0 spiro atoms. The molecule has 2 fully saturated rings. The van der Waals surface area contributed by atoms with Crippen molar-refractivity contribution in [2.45, 2.75) is 51.5 Å². The summed E-state index contributed by atoms with van der Waals surface area (Å²) in [4.78, 5) is 0. The lowest BCUT2D eigenvalue weighted by molar-refractivity contribution is 0.0637. The van der Waals surface area contributed by atoms with E-state index in [4.69, 9.17) is 4.74 Å². The first-order chi connectivity index (χ1) is 6.85. The van der Waals surface area contributed by atoms with Gasteiger partial charge in [0.1, 0.15) is 0 Å². The van der Waals surface area contributed by atoms with Crippen LogP contribution in [0.4, 0.5) is 0 Å². The van der Waals surface area contributed by atoms with Gasteiger partial charge < -0.3 is 10.1 Å². The SMILES string of the molecule is CCC1(CNC2CCOCC2)CCC1. The summed E-state index contributed by atoms with van der Waals surface area (Å²) in [7, 11) is 0. The average Bonchev–Trinajstić information content (AvgIpc) is 2.19. The molecule has 0 unspecified atom stereocenters. The largest absolute Gasteiger partial charge is 0.381 e. The van der Waals surface area contributed by atoms with Gasteiger partial charge in [0.05, 0.1) is 0 Å². The third-order valence-electron chi connectivity index (χ3n) is 4.15. The number of nitrogens with one attached hydrogen (secondary N) is 1. The maximum absolute atomic E-state index is 5.36. The van der Waals surface area contributed by atoms with E-state index >= 15 is 0 Å². The van der Waals surface area contributed by atoms with Crippen molar-refractivity contribution in [2.75, 3.05) is 19.8 Å². The molecule has 1 aliphatic heterocycles. The molecule has 0 amide bonds. The molecule has 0 aromatic carbocycles. The Morgan fingerprint density at radius 2 is 2.00 bits per heavy atom. The standard InChI is InChI=1S/C12H23NO/c1-2-12(6-3-7-12)10-13-11-4-8-14-9-5-11/h11,13H,2-10H2,1H3. The Morgan fingerprint density at radius 1 is 1.29 bits per heavy atom. The van der Waals surface area contributed by atoms with Crippen LogP contribution in [0.5, 0.6) is 0 Å². The van der Waals surface area contributed by atoms with Crippen LogP contribution in [0.1, 0.15) is 45.4 Å². The molecule has 0 aromatic heterocycles. The van der Waals surface area contributed by atoms with Crippen LogP contribution in [0, 0.1) is 5.41 Å². The van der Waals surface area contributed by atoms with E-state index in [1.54, 1.807) is 0 Å². The summed E-state index contributed by atoms with van der Waals surface area (Å²) in [5, 5.41) is 3.74. The fraction of sp³-hybridized carbons (Fsp3) is 1.00. The molecule has 1 saturated carbocycles. The van der Waals surface area contributed by atoms with Crippen LogP contribution in [0.3, 0.4) is 0 Å². The lowest BCUT2D eigenvalue weighted by Gasteiger charge is -2.42. The molecule has 2 rings (SSSR count). The molecule has 0 bridgehead atoms. The van der Waals surface area contributed by atoms with E-state index in [-0.39, 0.29) is 0 Å². The van der Waals surface area contributed by atoms with Gasteiger partial charge in [-0.3, -0.25) is 0 Å². The summed E-state index contributed by atoms with van der Waals surface area (Å²) in [6.07, 6.45) is 8.10. The summed E-state index contributed by atoms with van der Waals surface area (Å²) in [5.41, 5.74) is 0.665. The highest BCUT2D eigenvalue weighted by atomic mass is 16.5. The highest BCUT2D eigenvalue weighted by molar-refractivity contribution is 4.89. The van der Waals surface area contributed by atoms with E-state index in [9.17, 15) is 0 Å². The predicted octanol–water partition coefficient (Wildman–Crippen LogP) is 2.34. The fourth-order valence-corrected chi connectivity index (χ4v) is 2.59. The second kappa shape index (κ2) is 4.63. The van der Waals surface area contributed by atoms with Crippen molar-refractivity contribution in [3.63, 3.8) is 0 Å². The molecular formula is C12H23NO. The Hall–Kier alpha value is -0.0800. The third kappa shape index (κ3) is 2.29. The van der Waals surface area contributed by atoms with Gasteiger partial charge in [-0.05, 0) is 37.5 Å². The second-order valence-corrected chi connectivity index (χ2v) is 4.97. The molecule has 1 N–H and O–H groups in total. The van der Waals surface area contributed by atoms with Gasteiger partial charge in [-0.25, -0.2) is 0 Å². The van der Waals surface area contributed by atoms with E-state index in [0.29, 0.717) is 5.41 Å². The highest BCUT2D eigenvalue weighted by Crippen LogP contribution is 2.43. The van der Waals surface area contributed by atoms with Crippen molar-refractivity contribution in [1.82, 2.24) is 5.32 Å². The van der Waals surface area contributed by atoms with E-state index < -0.39 is 0 Å². The van der Waals surface area contributed by atoms with E-state index in [0.717, 1.165) is 19.3 Å². The van der Waals surface area contributed by atoms with Crippen LogP contribution < -0.4 is 5.32 Å². The van der Waals surface area contributed by atoms with E-state index in [2.05, 4.69) is 12.2 Å². The van der Waals surface area contributed by atoms with Crippen molar-refractivity contribution in [1.29, 1.82) is 0 Å². The van der Waals surface area contributed by atoms with Gasteiger partial charge in [-0.2, -0.15) is 0 Å². The molecule has 0 atom stereocenters. The molecule has 0 radical (unpaired) electrons. The van der Waals surface area contributed by atoms with Crippen LogP contribution in [0.25, 0.3) is 0 Å². The summed E-state index contributed by atoms with van der Waals surface area (Å²) in [6.45, 7) is 5.49. The molecule has 0 aromatic rings. The molecule has 2 heteroatoms. The van der Waals surface area contributed by atoms with Gasteiger partial charge >= 0.3 is 0 Å². The zero-order chi connectivity index (χ0) is 9.86. The first-order valence-corrected chi connectivity index (χ1v) is 6.16. The minimum Gasteiger partial charge on any atom is -0.381 e. The molecule has 1 saturated heterocycles. The highest BCUT2D eigenvalue weighted by Gasteiger charge is 2.35. The number of hydrogen-bond donors (Lipinski definition) is 1. The first-order valence-electron chi connectivity index (χ1n) is 6.16. The minimum absolute atomic E-state index is 0.665. The lowest BCUT2D eigenvalue weighted by atomic mass is 9.67. The Labute approximate surface area is 87.4 Å². The zero-order valence-corrected chi connectivity index (χ0v) is 9.35. The van der Waals surface area contributed by atoms with Crippen molar-refractivity contribution >= 4 is 0 Å². The first kappa shape index (κ1) is 10.4. The Bertz CT molecular complexity index is 166. The molecule has 82 valence electrons. The van der Waals surface area contributed by atoms with Gasteiger partial charge in [0.2, 0.25) is 0 Å². The molecule has 2 nitrogen and oxygen atoms in total. The number of rotatable bonds is 4. The summed E-state index contributed by atoms with van der Waals surface area (Å²) >= 11 is 0. The van der Waals surface area contributed by atoms with Gasteiger partial charge in [-0.1, -0.05) is 13.3 Å². The second-order valence-electron chi connectivity index (χ2n) is 4.97. The summed E-state index contributed by atoms with van der Waals surface area (Å²) < 4.78 is 5.36. The van der Waals surface area contributed by atoms with Crippen molar-refractivity contribution in [2.24, 2.45) is 5.41 Å². The summed E-state index contributed by atoms with van der Waals surface area (Å²) in [5.74, 6) is 0. The smallest absolute Gasteiger partial charge is 0.0480 e. The van der Waals surface area contributed by atoms with Crippen LogP contribution in [-0.4, -0.2) is 25.8 Å². The molecule has 14 heavy (non-hydrogen) atoms. The van der Waals surface area contributed by atoms with Gasteiger partial charge in [-0.15, -0.1) is 0 Å². The third-order valence-corrected chi connectivity index (χ3v) is 4.15. The molecule has 2 aliphatic rings. The maximum Gasteiger partial charge on any atom is 0.0480 e. The molecule has 1 aliphatic carbocycles. The lowest BCUT2D eigenvalue weighted by Crippen LogP contribution is -2.45. The van der Waals surface area contributed by atoms with Crippen LogP contribution in [-0.2, 0) is 4.74 Å². The number of hydrogen-bond acceptors (Lipinski definition) is 2. The van der Waals surface area contributed by atoms with Crippen molar-refractivity contribution < 1.29 is 4.74 Å². The van der Waals surface area contributed by atoms with E-state index in [1.165, 1.54) is 45.1 Å².